The summed E-state index contributed by atoms with van der Waals surface area (Å²) in [5.41, 5.74) is 1.97. The van der Waals surface area contributed by atoms with E-state index in [9.17, 15) is 13.2 Å². The van der Waals surface area contributed by atoms with E-state index in [0.717, 1.165) is 57.3 Å². The monoisotopic (exact) mass is 525 g/mol. The Morgan fingerprint density at radius 2 is 1.76 bits per heavy atom. The summed E-state index contributed by atoms with van der Waals surface area (Å²) in [5.74, 6) is -0.123. The largest absolute Gasteiger partial charge is 0.573 e. The van der Waals surface area contributed by atoms with E-state index >= 15 is 0 Å². The molecule has 2 aromatic carbocycles. The van der Waals surface area contributed by atoms with Gasteiger partial charge in [-0.3, -0.25) is 0 Å². The lowest BCUT2D eigenvalue weighted by Gasteiger charge is -2.40. The average molecular weight is 526 g/mol. The van der Waals surface area contributed by atoms with Gasteiger partial charge in [-0.05, 0) is 62.1 Å². The number of aromatic nitrogens is 1. The van der Waals surface area contributed by atoms with E-state index in [2.05, 4.69) is 31.3 Å². The number of halogens is 3. The first kappa shape index (κ1) is 25.9. The van der Waals surface area contributed by atoms with Crippen molar-refractivity contribution in [1.29, 1.82) is 5.26 Å². The molecule has 1 saturated heterocycles. The highest BCUT2D eigenvalue weighted by molar-refractivity contribution is 5.65. The molecule has 0 bridgehead atoms. The van der Waals surface area contributed by atoms with Gasteiger partial charge in [0, 0.05) is 36.9 Å². The molecule has 1 aliphatic carbocycles. The van der Waals surface area contributed by atoms with Crippen molar-refractivity contribution in [1.82, 2.24) is 10.3 Å². The van der Waals surface area contributed by atoms with Crippen molar-refractivity contribution < 1.29 is 22.3 Å². The molecule has 5 rings (SSSR count). The third-order valence-corrected chi connectivity index (χ3v) is 7.19. The zero-order valence-electron chi connectivity index (χ0n) is 20.9. The number of anilines is 2. The smallest absolute Gasteiger partial charge is 0.423 e. The maximum absolute atomic E-state index is 12.8. The van der Waals surface area contributed by atoms with Crippen molar-refractivity contribution in [2.24, 2.45) is 0 Å². The first-order valence-corrected chi connectivity index (χ1v) is 13.0. The highest BCUT2D eigenvalue weighted by atomic mass is 19.4. The van der Waals surface area contributed by atoms with E-state index < -0.39 is 6.36 Å². The summed E-state index contributed by atoms with van der Waals surface area (Å²) in [6.45, 7) is 1.86. The van der Waals surface area contributed by atoms with Gasteiger partial charge in [-0.15, -0.1) is 13.2 Å². The Morgan fingerprint density at radius 3 is 2.53 bits per heavy atom. The molecule has 0 radical (unpaired) electrons. The van der Waals surface area contributed by atoms with Crippen LogP contribution >= 0.6 is 0 Å². The maximum atomic E-state index is 12.8. The fourth-order valence-electron chi connectivity index (χ4n) is 5.41. The van der Waals surface area contributed by atoms with E-state index in [1.165, 1.54) is 24.4 Å². The van der Waals surface area contributed by atoms with Crippen LogP contribution < -0.4 is 20.3 Å². The maximum Gasteiger partial charge on any atom is 0.573 e. The van der Waals surface area contributed by atoms with Crippen LogP contribution in [-0.2, 0) is 0 Å². The van der Waals surface area contributed by atoms with Crippen molar-refractivity contribution in [2.45, 2.75) is 63.0 Å². The summed E-state index contributed by atoms with van der Waals surface area (Å²) < 4.78 is 48.5. The van der Waals surface area contributed by atoms with Crippen LogP contribution in [-0.4, -0.2) is 42.6 Å². The summed E-state index contributed by atoms with van der Waals surface area (Å²) in [7, 11) is 0. The van der Waals surface area contributed by atoms with Crippen LogP contribution in [0.4, 0.5) is 24.9 Å². The van der Waals surface area contributed by atoms with E-state index in [4.69, 9.17) is 9.68 Å². The molecule has 200 valence electrons. The summed E-state index contributed by atoms with van der Waals surface area (Å²) in [5, 5.41) is 16.3. The highest BCUT2D eigenvalue weighted by Gasteiger charge is 2.33. The standard InChI is InChI=1S/C28H30F3N5O2/c29-28(30,31)38-25-10-4-1-7-22(25)26-17-33-27(37-26)35-24-9-3-2-8-23(24)34-20-6-5-15-36(18-20)21-13-11-19(16-32)12-14-21/h1,4,7,10-14,17,20,23-24,34H,2-3,5-6,8-9,15,18H2,(H,33,35)/t20-,23+,24+/m0/s1. The van der Waals surface area contributed by atoms with E-state index in [1.54, 1.807) is 6.07 Å². The van der Waals surface area contributed by atoms with Crippen LogP contribution in [0.3, 0.4) is 0 Å². The van der Waals surface area contributed by atoms with Gasteiger partial charge >= 0.3 is 6.36 Å². The minimum atomic E-state index is -4.80. The number of para-hydroxylation sites is 1. The Kier molecular flexibility index (Phi) is 7.74. The summed E-state index contributed by atoms with van der Waals surface area (Å²) in [4.78, 5) is 6.65. The molecule has 10 heteroatoms. The molecule has 7 nitrogen and oxygen atoms in total. The molecule has 0 spiro atoms. The predicted octanol–water partition coefficient (Wildman–Crippen LogP) is 6.09. The van der Waals surface area contributed by atoms with Crippen LogP contribution in [0.2, 0.25) is 0 Å². The Hall–Kier alpha value is -3.71. The zero-order chi connectivity index (χ0) is 26.5. The van der Waals surface area contributed by atoms with Crippen LogP contribution in [0.25, 0.3) is 11.3 Å². The van der Waals surface area contributed by atoms with Gasteiger partial charge in [0.2, 0.25) is 0 Å². The third-order valence-electron chi connectivity index (χ3n) is 7.19. The summed E-state index contributed by atoms with van der Waals surface area (Å²) in [6.07, 6.45) is 2.93. The lowest BCUT2D eigenvalue weighted by atomic mass is 9.89. The van der Waals surface area contributed by atoms with Crippen LogP contribution in [0, 0.1) is 11.3 Å². The SMILES string of the molecule is N#Cc1ccc(N2CCC[C@H](N[C@@H]3CCCC[C@H]3Nc3ncc(-c4ccccc4OC(F)(F)F)o3)C2)cc1. The van der Waals surface area contributed by atoms with Crippen LogP contribution in [0.1, 0.15) is 44.1 Å². The van der Waals surface area contributed by atoms with Crippen LogP contribution in [0.15, 0.2) is 59.1 Å². The fraction of sp³-hybridized carbons (Fsp3) is 0.429. The molecule has 0 amide bonds. The number of hydrogen-bond acceptors (Lipinski definition) is 7. The summed E-state index contributed by atoms with van der Waals surface area (Å²) in [6, 6.07) is 16.6. The molecular weight excluding hydrogens is 495 g/mol. The molecular formula is C28H30F3N5O2. The highest BCUT2D eigenvalue weighted by Crippen LogP contribution is 2.35. The molecule has 2 N–H and O–H groups in total. The Labute approximate surface area is 219 Å². The van der Waals surface area contributed by atoms with Gasteiger partial charge in [-0.1, -0.05) is 25.0 Å². The van der Waals surface area contributed by atoms with Crippen molar-refractivity contribution in [3.05, 3.63) is 60.3 Å². The van der Waals surface area contributed by atoms with Gasteiger partial charge in [0.1, 0.15) is 5.75 Å². The van der Waals surface area contributed by atoms with Gasteiger partial charge in [0.25, 0.3) is 6.01 Å². The first-order valence-electron chi connectivity index (χ1n) is 13.0. The van der Waals surface area contributed by atoms with Crippen LogP contribution in [0.5, 0.6) is 5.75 Å². The third kappa shape index (κ3) is 6.40. The molecule has 0 unspecified atom stereocenters. The number of nitriles is 1. The number of benzene rings is 2. The lowest BCUT2D eigenvalue weighted by Crippen LogP contribution is -2.54. The van der Waals surface area contributed by atoms with E-state index in [-0.39, 0.29) is 35.2 Å². The molecule has 1 aromatic heterocycles. The second-order valence-corrected chi connectivity index (χ2v) is 9.83. The van der Waals surface area contributed by atoms with E-state index in [0.29, 0.717) is 11.6 Å². The second-order valence-electron chi connectivity index (χ2n) is 9.83. The quantitative estimate of drug-likeness (QED) is 0.386. The Morgan fingerprint density at radius 1 is 1.00 bits per heavy atom. The fourth-order valence-corrected chi connectivity index (χ4v) is 5.41. The minimum Gasteiger partial charge on any atom is -0.423 e. The lowest BCUT2D eigenvalue weighted by molar-refractivity contribution is -0.274. The second kappa shape index (κ2) is 11.4. The number of oxazole rings is 1. The molecule has 1 saturated carbocycles. The number of alkyl halides is 3. The normalized spacial score (nSPS) is 22.1. The number of nitrogens with one attached hydrogen (secondary N) is 2. The van der Waals surface area contributed by atoms with Gasteiger partial charge in [-0.25, -0.2) is 4.98 Å². The van der Waals surface area contributed by atoms with Crippen molar-refractivity contribution >= 4 is 11.7 Å². The van der Waals surface area contributed by atoms with Gasteiger partial charge in [-0.2, -0.15) is 5.26 Å². The van der Waals surface area contributed by atoms with E-state index in [1.807, 2.05) is 24.3 Å². The summed E-state index contributed by atoms with van der Waals surface area (Å²) >= 11 is 0. The molecule has 2 aliphatic rings. The minimum absolute atomic E-state index is 0.0854. The number of piperidine rings is 1. The number of rotatable bonds is 7. The van der Waals surface area contributed by atoms with Crippen molar-refractivity contribution in [2.75, 3.05) is 23.3 Å². The average Bonchev–Trinajstić information content (AvgIpc) is 3.38. The van der Waals surface area contributed by atoms with Gasteiger partial charge in [0.15, 0.2) is 5.76 Å². The van der Waals surface area contributed by atoms with Gasteiger partial charge < -0.3 is 24.7 Å². The topological polar surface area (TPSA) is 86.4 Å². The predicted molar refractivity (Wildman–Crippen MR) is 138 cm³/mol. The number of hydrogen-bond donors (Lipinski definition) is 2. The number of nitrogens with zero attached hydrogens (tertiary/aromatic N) is 3. The van der Waals surface area contributed by atoms with Crippen molar-refractivity contribution in [3.8, 4) is 23.1 Å². The molecule has 38 heavy (non-hydrogen) atoms. The first-order chi connectivity index (χ1) is 18.4. The van der Waals surface area contributed by atoms with Gasteiger partial charge in [0.05, 0.1) is 23.4 Å². The molecule has 3 aromatic rings. The Balaban J connectivity index is 1.24. The molecule has 3 atom stereocenters. The van der Waals surface area contributed by atoms with Crippen molar-refractivity contribution in [3.63, 3.8) is 0 Å². The Bertz CT molecular complexity index is 1250. The zero-order valence-corrected chi connectivity index (χ0v) is 20.9. The molecule has 1 aliphatic heterocycles. The molecule has 2 heterocycles. The molecule has 2 fully saturated rings. The number of ether oxygens (including phenoxy) is 1.